The van der Waals surface area contributed by atoms with Gasteiger partial charge in [-0.3, -0.25) is 0 Å². The summed E-state index contributed by atoms with van der Waals surface area (Å²) in [4.78, 5) is 3.32. The number of hydrogen-bond donors (Lipinski definition) is 0. The lowest BCUT2D eigenvalue weighted by atomic mass is 9.93. The molecule has 0 aliphatic heterocycles. The Hall–Kier alpha value is -4.95. The SMILES string of the molecule is [C-]#[N+]/C(C#N)=C1\c2cc(C)c(-c3ccc(F)cc3)cc2-c2cc(-c3ccc(F)cc3)c(OC(F)(F)F)cc21. The van der Waals surface area contributed by atoms with Crippen molar-refractivity contribution in [1.82, 2.24) is 0 Å². The van der Waals surface area contributed by atoms with Crippen LogP contribution in [-0.4, -0.2) is 6.36 Å². The van der Waals surface area contributed by atoms with E-state index in [1.165, 1.54) is 30.3 Å². The number of fused-ring (bicyclic) bond motifs is 3. The van der Waals surface area contributed by atoms with Gasteiger partial charge in [-0.15, -0.1) is 13.2 Å². The molecule has 0 fully saturated rings. The van der Waals surface area contributed by atoms with E-state index in [-0.39, 0.29) is 28.0 Å². The van der Waals surface area contributed by atoms with Gasteiger partial charge in [0.25, 0.3) is 5.70 Å². The maximum absolute atomic E-state index is 13.6. The molecular formula is C30H15F5N2O. The van der Waals surface area contributed by atoms with Gasteiger partial charge in [-0.1, -0.05) is 30.3 Å². The van der Waals surface area contributed by atoms with Crippen molar-refractivity contribution in [2.75, 3.05) is 0 Å². The number of aryl methyl sites for hydroxylation is 1. The van der Waals surface area contributed by atoms with E-state index in [0.29, 0.717) is 22.3 Å². The highest BCUT2D eigenvalue weighted by molar-refractivity contribution is 6.06. The molecule has 0 amide bonds. The first-order chi connectivity index (χ1) is 18.1. The Morgan fingerprint density at radius 2 is 1.26 bits per heavy atom. The number of allylic oxidation sites excluding steroid dienone is 1. The van der Waals surface area contributed by atoms with Crippen LogP contribution in [0.1, 0.15) is 16.7 Å². The van der Waals surface area contributed by atoms with Gasteiger partial charge in [-0.25, -0.2) is 18.9 Å². The quantitative estimate of drug-likeness (QED) is 0.137. The number of nitrogens with zero attached hydrogens (tertiary/aromatic N) is 2. The largest absolute Gasteiger partial charge is 0.573 e. The molecule has 8 heteroatoms. The smallest absolute Gasteiger partial charge is 0.405 e. The van der Waals surface area contributed by atoms with Gasteiger partial charge in [-0.05, 0) is 93.9 Å². The van der Waals surface area contributed by atoms with E-state index in [2.05, 4.69) is 9.58 Å². The van der Waals surface area contributed by atoms with Gasteiger partial charge in [0.05, 0.1) is 12.6 Å². The minimum Gasteiger partial charge on any atom is -0.405 e. The van der Waals surface area contributed by atoms with Gasteiger partial charge in [0.2, 0.25) is 0 Å². The highest BCUT2D eigenvalue weighted by Crippen LogP contribution is 2.51. The van der Waals surface area contributed by atoms with Crippen molar-refractivity contribution in [2.24, 2.45) is 0 Å². The second-order valence-electron chi connectivity index (χ2n) is 8.62. The Kier molecular flexibility index (Phi) is 5.97. The minimum absolute atomic E-state index is 0.0542. The normalized spacial score (nSPS) is 13.3. The number of ether oxygens (including phenoxy) is 1. The Morgan fingerprint density at radius 3 is 1.76 bits per heavy atom. The average Bonchev–Trinajstić information content (AvgIpc) is 3.16. The van der Waals surface area contributed by atoms with Gasteiger partial charge >= 0.3 is 6.36 Å². The molecule has 0 saturated heterocycles. The predicted molar refractivity (Wildman–Crippen MR) is 132 cm³/mol. The van der Waals surface area contributed by atoms with Crippen LogP contribution in [0.25, 0.3) is 43.8 Å². The lowest BCUT2D eigenvalue weighted by molar-refractivity contribution is -0.274. The zero-order chi connectivity index (χ0) is 27.2. The maximum Gasteiger partial charge on any atom is 0.573 e. The summed E-state index contributed by atoms with van der Waals surface area (Å²) in [5, 5.41) is 9.68. The van der Waals surface area contributed by atoms with Gasteiger partial charge in [0.15, 0.2) is 0 Å². The van der Waals surface area contributed by atoms with Crippen LogP contribution in [0.15, 0.2) is 78.5 Å². The van der Waals surface area contributed by atoms with Crippen molar-refractivity contribution >= 4 is 5.57 Å². The molecule has 0 heterocycles. The summed E-state index contributed by atoms with van der Waals surface area (Å²) in [7, 11) is 0. The Balaban J connectivity index is 1.84. The van der Waals surface area contributed by atoms with Gasteiger partial charge in [-0.2, -0.15) is 0 Å². The molecule has 0 bridgehead atoms. The van der Waals surface area contributed by atoms with E-state index in [0.717, 1.165) is 29.3 Å². The molecular weight excluding hydrogens is 499 g/mol. The van der Waals surface area contributed by atoms with Crippen molar-refractivity contribution in [3.63, 3.8) is 0 Å². The first kappa shape index (κ1) is 24.7. The Labute approximate surface area is 214 Å². The number of halogens is 5. The lowest BCUT2D eigenvalue weighted by Crippen LogP contribution is -2.17. The molecule has 5 rings (SSSR count). The van der Waals surface area contributed by atoms with Crippen LogP contribution in [0.4, 0.5) is 22.0 Å². The zero-order valence-corrected chi connectivity index (χ0v) is 19.6. The molecule has 0 N–H and O–H groups in total. The third-order valence-corrected chi connectivity index (χ3v) is 6.30. The van der Waals surface area contributed by atoms with Crippen molar-refractivity contribution < 1.29 is 26.7 Å². The second-order valence-corrected chi connectivity index (χ2v) is 8.62. The molecule has 1 aliphatic rings. The van der Waals surface area contributed by atoms with Crippen molar-refractivity contribution in [3.8, 4) is 45.2 Å². The fourth-order valence-electron chi connectivity index (χ4n) is 4.69. The molecule has 186 valence electrons. The van der Waals surface area contributed by atoms with Gasteiger partial charge in [0, 0.05) is 11.1 Å². The zero-order valence-electron chi connectivity index (χ0n) is 19.6. The van der Waals surface area contributed by atoms with E-state index in [1.807, 2.05) is 13.0 Å². The molecule has 0 atom stereocenters. The fourth-order valence-corrected chi connectivity index (χ4v) is 4.69. The number of nitriles is 1. The number of benzene rings is 4. The van der Waals surface area contributed by atoms with E-state index in [9.17, 15) is 27.2 Å². The number of rotatable bonds is 3. The molecule has 3 nitrogen and oxygen atoms in total. The van der Waals surface area contributed by atoms with Crippen LogP contribution in [0.5, 0.6) is 5.75 Å². The summed E-state index contributed by atoms with van der Waals surface area (Å²) in [5.74, 6) is -1.51. The Morgan fingerprint density at radius 1 is 0.763 bits per heavy atom. The predicted octanol–water partition coefficient (Wildman–Crippen LogP) is 8.69. The summed E-state index contributed by atoms with van der Waals surface area (Å²) in [6.07, 6.45) is -5.03. The molecule has 4 aromatic carbocycles. The topological polar surface area (TPSA) is 37.4 Å². The second kappa shape index (κ2) is 9.17. The third-order valence-electron chi connectivity index (χ3n) is 6.30. The van der Waals surface area contributed by atoms with Gasteiger partial charge < -0.3 is 4.74 Å². The number of hydrogen-bond acceptors (Lipinski definition) is 2. The molecule has 38 heavy (non-hydrogen) atoms. The summed E-state index contributed by atoms with van der Waals surface area (Å²) in [6, 6.07) is 18.9. The highest BCUT2D eigenvalue weighted by atomic mass is 19.4. The summed E-state index contributed by atoms with van der Waals surface area (Å²) in [5.41, 5.74) is 4.25. The van der Waals surface area contributed by atoms with Crippen LogP contribution in [0.2, 0.25) is 0 Å². The van der Waals surface area contributed by atoms with Crippen LogP contribution in [0, 0.1) is 36.5 Å². The lowest BCUT2D eigenvalue weighted by Gasteiger charge is -2.16. The van der Waals surface area contributed by atoms with E-state index in [4.69, 9.17) is 6.57 Å². The molecule has 0 radical (unpaired) electrons. The molecule has 0 spiro atoms. The van der Waals surface area contributed by atoms with Crippen molar-refractivity contribution in [3.05, 3.63) is 118 Å². The summed E-state index contributed by atoms with van der Waals surface area (Å²) < 4.78 is 71.7. The first-order valence-corrected chi connectivity index (χ1v) is 11.2. The van der Waals surface area contributed by atoms with Crippen LogP contribution in [0.3, 0.4) is 0 Å². The van der Waals surface area contributed by atoms with Crippen LogP contribution in [-0.2, 0) is 0 Å². The summed E-state index contributed by atoms with van der Waals surface area (Å²) >= 11 is 0. The molecule has 0 unspecified atom stereocenters. The highest BCUT2D eigenvalue weighted by Gasteiger charge is 2.35. The third kappa shape index (κ3) is 4.38. The molecule has 0 saturated carbocycles. The standard InChI is InChI=1S/C30H15F5N2O/c1-16-11-25-23(12-21(16)17-3-7-19(31)8-4-17)24-13-22(18-5-9-20(32)10-6-18)28(38-30(33,34)35)14-26(24)29(25)27(15-36)37-2/h3-14H,1H3/b29-27+. The van der Waals surface area contributed by atoms with E-state index in [1.54, 1.807) is 24.3 Å². The van der Waals surface area contributed by atoms with Crippen LogP contribution < -0.4 is 4.74 Å². The van der Waals surface area contributed by atoms with Crippen molar-refractivity contribution in [1.29, 1.82) is 5.26 Å². The summed E-state index contributed by atoms with van der Waals surface area (Å²) in [6.45, 7) is 9.33. The Bertz CT molecular complexity index is 1690. The van der Waals surface area contributed by atoms with E-state index >= 15 is 0 Å². The van der Waals surface area contributed by atoms with Gasteiger partial charge in [0.1, 0.15) is 17.4 Å². The molecule has 1 aliphatic carbocycles. The maximum atomic E-state index is 13.6. The van der Waals surface area contributed by atoms with Crippen molar-refractivity contribution in [2.45, 2.75) is 13.3 Å². The molecule has 0 aromatic heterocycles. The number of alkyl halides is 3. The fraction of sp³-hybridized carbons (Fsp3) is 0.0667. The molecule has 4 aromatic rings. The van der Waals surface area contributed by atoms with Crippen LogP contribution >= 0.6 is 0 Å². The first-order valence-electron chi connectivity index (χ1n) is 11.2. The minimum atomic E-state index is -5.03. The average molecular weight is 514 g/mol. The monoisotopic (exact) mass is 514 g/mol. The van der Waals surface area contributed by atoms with E-state index < -0.39 is 23.7 Å².